The molecule has 0 saturated carbocycles. The number of sulfonamides is 1. The van der Waals surface area contributed by atoms with Crippen LogP contribution in [0.15, 0.2) is 35.2 Å². The summed E-state index contributed by atoms with van der Waals surface area (Å²) >= 11 is 0. The van der Waals surface area contributed by atoms with E-state index < -0.39 is 10.0 Å². The monoisotopic (exact) mass is 367 g/mol. The van der Waals surface area contributed by atoms with Gasteiger partial charge in [0.1, 0.15) is 10.6 Å². The summed E-state index contributed by atoms with van der Waals surface area (Å²) in [7, 11) is 1.93. The highest BCUT2D eigenvalue weighted by Crippen LogP contribution is 2.40. The number of anilines is 1. The standard InChI is InChI=1S/C17H21NO6S/c1-11-6-7-13(21-2)16(8-11)25(19,20)18-12-9-14(22-3)17(24-5)15(10-12)23-4/h6-10,18H,1-5H3. The van der Waals surface area contributed by atoms with Gasteiger partial charge in [0.15, 0.2) is 11.5 Å². The lowest BCUT2D eigenvalue weighted by atomic mass is 10.2. The number of aryl methyl sites for hydroxylation is 1. The molecule has 0 heterocycles. The van der Waals surface area contributed by atoms with Crippen molar-refractivity contribution in [2.45, 2.75) is 11.8 Å². The summed E-state index contributed by atoms with van der Waals surface area (Å²) in [6.07, 6.45) is 0. The van der Waals surface area contributed by atoms with Gasteiger partial charge in [0.25, 0.3) is 10.0 Å². The molecule has 0 amide bonds. The second-order valence-electron chi connectivity index (χ2n) is 5.17. The fourth-order valence-electron chi connectivity index (χ4n) is 2.34. The molecule has 0 aliphatic rings. The van der Waals surface area contributed by atoms with E-state index in [2.05, 4.69) is 4.72 Å². The molecule has 0 atom stereocenters. The molecule has 25 heavy (non-hydrogen) atoms. The maximum atomic E-state index is 12.8. The molecule has 8 heteroatoms. The predicted molar refractivity (Wildman–Crippen MR) is 94.6 cm³/mol. The average Bonchev–Trinajstić information content (AvgIpc) is 2.60. The summed E-state index contributed by atoms with van der Waals surface area (Å²) in [5.41, 5.74) is 1.07. The first-order chi connectivity index (χ1) is 11.9. The minimum Gasteiger partial charge on any atom is -0.495 e. The van der Waals surface area contributed by atoms with Gasteiger partial charge in [-0.3, -0.25) is 4.72 Å². The fourth-order valence-corrected chi connectivity index (χ4v) is 3.64. The Morgan fingerprint density at radius 3 is 1.84 bits per heavy atom. The number of ether oxygens (including phenoxy) is 4. The summed E-state index contributed by atoms with van der Waals surface area (Å²) in [6.45, 7) is 1.80. The summed E-state index contributed by atoms with van der Waals surface area (Å²) in [4.78, 5) is 0.0451. The van der Waals surface area contributed by atoms with E-state index in [1.807, 2.05) is 0 Å². The molecule has 0 fully saturated rings. The number of hydrogen-bond acceptors (Lipinski definition) is 6. The van der Waals surface area contributed by atoms with Gasteiger partial charge in [-0.15, -0.1) is 0 Å². The van der Waals surface area contributed by atoms with Crippen LogP contribution in [0.4, 0.5) is 5.69 Å². The van der Waals surface area contributed by atoms with Crippen LogP contribution < -0.4 is 23.7 Å². The number of benzene rings is 2. The third-order valence-corrected chi connectivity index (χ3v) is 4.93. The van der Waals surface area contributed by atoms with Gasteiger partial charge in [0.05, 0.1) is 34.1 Å². The summed E-state index contributed by atoms with van der Waals surface area (Å²) < 4.78 is 49.0. The molecule has 2 rings (SSSR count). The highest BCUT2D eigenvalue weighted by molar-refractivity contribution is 7.92. The van der Waals surface area contributed by atoms with Crippen molar-refractivity contribution in [3.63, 3.8) is 0 Å². The Morgan fingerprint density at radius 1 is 0.800 bits per heavy atom. The van der Waals surface area contributed by atoms with Crippen molar-refractivity contribution in [3.05, 3.63) is 35.9 Å². The molecule has 136 valence electrons. The number of methoxy groups -OCH3 is 4. The Bertz CT molecular complexity index is 838. The summed E-state index contributed by atoms with van der Waals surface area (Å²) in [5.74, 6) is 1.32. The molecular weight excluding hydrogens is 346 g/mol. The molecule has 2 aromatic rings. The van der Waals surface area contributed by atoms with Crippen molar-refractivity contribution in [3.8, 4) is 23.0 Å². The van der Waals surface area contributed by atoms with Crippen LogP contribution in [0.1, 0.15) is 5.56 Å². The molecule has 0 aliphatic heterocycles. The van der Waals surface area contributed by atoms with E-state index in [-0.39, 0.29) is 16.3 Å². The highest BCUT2D eigenvalue weighted by atomic mass is 32.2. The van der Waals surface area contributed by atoms with Crippen LogP contribution in [-0.2, 0) is 10.0 Å². The molecular formula is C17H21NO6S. The fraction of sp³-hybridized carbons (Fsp3) is 0.294. The van der Waals surface area contributed by atoms with Crippen LogP contribution in [0.25, 0.3) is 0 Å². The van der Waals surface area contributed by atoms with E-state index in [1.54, 1.807) is 25.1 Å². The molecule has 2 aromatic carbocycles. The topological polar surface area (TPSA) is 83.1 Å². The average molecular weight is 367 g/mol. The molecule has 0 saturated heterocycles. The van der Waals surface area contributed by atoms with Crippen LogP contribution in [0.2, 0.25) is 0 Å². The van der Waals surface area contributed by atoms with Gasteiger partial charge in [-0.05, 0) is 24.6 Å². The molecule has 7 nitrogen and oxygen atoms in total. The predicted octanol–water partition coefficient (Wildman–Crippen LogP) is 2.83. The highest BCUT2D eigenvalue weighted by Gasteiger charge is 2.22. The third kappa shape index (κ3) is 3.90. The Hall–Kier alpha value is -2.61. The Kier molecular flexibility index (Phi) is 5.63. The van der Waals surface area contributed by atoms with Crippen molar-refractivity contribution in [1.82, 2.24) is 0 Å². The zero-order valence-corrected chi connectivity index (χ0v) is 15.6. The summed E-state index contributed by atoms with van der Waals surface area (Å²) in [6, 6.07) is 7.96. The zero-order valence-electron chi connectivity index (χ0n) is 14.7. The van der Waals surface area contributed by atoms with Crippen molar-refractivity contribution in [1.29, 1.82) is 0 Å². The Labute approximate surface area is 147 Å². The third-order valence-electron chi connectivity index (χ3n) is 3.53. The molecule has 0 spiro atoms. The van der Waals surface area contributed by atoms with Gasteiger partial charge >= 0.3 is 0 Å². The van der Waals surface area contributed by atoms with E-state index in [0.29, 0.717) is 17.2 Å². The summed E-state index contributed by atoms with van der Waals surface area (Å²) in [5, 5.41) is 0. The Morgan fingerprint density at radius 2 is 1.36 bits per heavy atom. The van der Waals surface area contributed by atoms with Crippen molar-refractivity contribution in [2.24, 2.45) is 0 Å². The normalized spacial score (nSPS) is 10.9. The van der Waals surface area contributed by atoms with E-state index in [9.17, 15) is 8.42 Å². The quantitative estimate of drug-likeness (QED) is 0.810. The lowest BCUT2D eigenvalue weighted by molar-refractivity contribution is 0.324. The minimum absolute atomic E-state index is 0.0451. The first kappa shape index (κ1) is 18.7. The van der Waals surface area contributed by atoms with Gasteiger partial charge in [0, 0.05) is 12.1 Å². The smallest absolute Gasteiger partial charge is 0.265 e. The van der Waals surface area contributed by atoms with Gasteiger partial charge in [-0.1, -0.05) is 6.07 Å². The number of rotatable bonds is 7. The number of nitrogens with one attached hydrogen (secondary N) is 1. The number of hydrogen-bond donors (Lipinski definition) is 1. The van der Waals surface area contributed by atoms with Gasteiger partial charge < -0.3 is 18.9 Å². The van der Waals surface area contributed by atoms with Crippen LogP contribution in [0.5, 0.6) is 23.0 Å². The first-order valence-electron chi connectivity index (χ1n) is 7.33. The second-order valence-corrected chi connectivity index (χ2v) is 6.82. The zero-order chi connectivity index (χ0) is 18.6. The Balaban J connectivity index is 2.50. The molecule has 0 unspecified atom stereocenters. The molecule has 1 N–H and O–H groups in total. The van der Waals surface area contributed by atoms with Crippen LogP contribution in [0, 0.1) is 6.92 Å². The van der Waals surface area contributed by atoms with Gasteiger partial charge in [0.2, 0.25) is 5.75 Å². The first-order valence-corrected chi connectivity index (χ1v) is 8.82. The van der Waals surface area contributed by atoms with E-state index in [0.717, 1.165) is 5.56 Å². The van der Waals surface area contributed by atoms with E-state index >= 15 is 0 Å². The molecule has 0 aromatic heterocycles. The maximum Gasteiger partial charge on any atom is 0.265 e. The lowest BCUT2D eigenvalue weighted by Crippen LogP contribution is -2.14. The van der Waals surface area contributed by atoms with Crippen molar-refractivity contribution < 1.29 is 27.4 Å². The lowest BCUT2D eigenvalue weighted by Gasteiger charge is -2.16. The van der Waals surface area contributed by atoms with Crippen LogP contribution in [0.3, 0.4) is 0 Å². The van der Waals surface area contributed by atoms with E-state index in [4.69, 9.17) is 18.9 Å². The molecule has 0 bridgehead atoms. The van der Waals surface area contributed by atoms with Crippen LogP contribution >= 0.6 is 0 Å². The largest absolute Gasteiger partial charge is 0.495 e. The van der Waals surface area contributed by atoms with Gasteiger partial charge in [-0.25, -0.2) is 8.42 Å². The molecule has 0 aliphatic carbocycles. The maximum absolute atomic E-state index is 12.8. The van der Waals surface area contributed by atoms with E-state index in [1.165, 1.54) is 40.6 Å². The van der Waals surface area contributed by atoms with Gasteiger partial charge in [-0.2, -0.15) is 0 Å². The minimum atomic E-state index is -3.88. The van der Waals surface area contributed by atoms with Crippen molar-refractivity contribution >= 4 is 15.7 Å². The SMILES string of the molecule is COc1ccc(C)cc1S(=O)(=O)Nc1cc(OC)c(OC)c(OC)c1. The second kappa shape index (κ2) is 7.52. The van der Waals surface area contributed by atoms with Crippen LogP contribution in [-0.4, -0.2) is 36.9 Å². The molecule has 0 radical (unpaired) electrons. The van der Waals surface area contributed by atoms with Crippen molar-refractivity contribution in [2.75, 3.05) is 33.2 Å².